The van der Waals surface area contributed by atoms with Gasteiger partial charge in [-0.05, 0) is 57.5 Å². The average Bonchev–Trinajstić information content (AvgIpc) is 3.36. The summed E-state index contributed by atoms with van der Waals surface area (Å²) in [7, 11) is 0. The Hall–Kier alpha value is -4.88. The second-order valence-corrected chi connectivity index (χ2v) is 10.6. The summed E-state index contributed by atoms with van der Waals surface area (Å²) in [6.45, 7) is 6.29. The number of likely N-dealkylation sites (tertiary alicyclic amines) is 1. The maximum Gasteiger partial charge on any atom is 0.416 e. The maximum atomic E-state index is 12.9. The van der Waals surface area contributed by atoms with E-state index in [-0.39, 0.29) is 28.8 Å². The third-order valence-corrected chi connectivity index (χ3v) is 6.19. The molecule has 2 aromatic carbocycles. The van der Waals surface area contributed by atoms with Crippen molar-refractivity contribution in [1.29, 1.82) is 5.41 Å². The van der Waals surface area contributed by atoms with E-state index < -0.39 is 29.5 Å². The van der Waals surface area contributed by atoms with Crippen molar-refractivity contribution in [2.45, 2.75) is 45.0 Å². The third kappa shape index (κ3) is 7.65. The lowest BCUT2D eigenvalue weighted by atomic mass is 10.0. The molecule has 4 rings (SSSR count). The van der Waals surface area contributed by atoms with Crippen molar-refractivity contribution in [2.75, 3.05) is 34.8 Å². The number of anilines is 4. The first-order valence-electron chi connectivity index (χ1n) is 13.0. The lowest BCUT2D eigenvalue weighted by Gasteiger charge is -2.24. The van der Waals surface area contributed by atoms with Gasteiger partial charge in [0.1, 0.15) is 23.6 Å². The number of amides is 3. The minimum Gasteiger partial charge on any atom is -0.444 e. The van der Waals surface area contributed by atoms with Crippen LogP contribution in [0.25, 0.3) is 0 Å². The highest BCUT2D eigenvalue weighted by atomic mass is 19.4. The van der Waals surface area contributed by atoms with Gasteiger partial charge in [0.25, 0.3) is 0 Å². The topological polar surface area (TPSA) is 158 Å². The van der Waals surface area contributed by atoms with Gasteiger partial charge in [-0.25, -0.2) is 19.6 Å². The Labute approximate surface area is 240 Å². The molecule has 11 nitrogen and oxygen atoms in total. The van der Waals surface area contributed by atoms with Crippen LogP contribution in [0.1, 0.15) is 43.9 Å². The number of nitrogens with zero attached hydrogens (tertiary/aromatic N) is 3. The molecule has 0 bridgehead atoms. The van der Waals surface area contributed by atoms with Crippen molar-refractivity contribution >= 4 is 40.8 Å². The van der Waals surface area contributed by atoms with E-state index in [9.17, 15) is 22.8 Å². The van der Waals surface area contributed by atoms with Crippen LogP contribution in [0.5, 0.6) is 0 Å². The zero-order chi connectivity index (χ0) is 30.7. The van der Waals surface area contributed by atoms with E-state index in [2.05, 4.69) is 25.9 Å². The van der Waals surface area contributed by atoms with Gasteiger partial charge in [-0.2, -0.15) is 13.2 Å². The first-order valence-corrected chi connectivity index (χ1v) is 13.0. The lowest BCUT2D eigenvalue weighted by Crippen LogP contribution is -2.36. The van der Waals surface area contributed by atoms with Crippen molar-refractivity contribution in [3.63, 3.8) is 0 Å². The summed E-state index contributed by atoms with van der Waals surface area (Å²) < 4.78 is 44.3. The van der Waals surface area contributed by atoms with Gasteiger partial charge in [-0.3, -0.25) is 5.41 Å². The highest BCUT2D eigenvalue weighted by Crippen LogP contribution is 2.31. The van der Waals surface area contributed by atoms with Crippen LogP contribution >= 0.6 is 0 Å². The number of halogens is 3. The van der Waals surface area contributed by atoms with E-state index in [1.807, 2.05) is 0 Å². The van der Waals surface area contributed by atoms with Crippen LogP contribution in [0.2, 0.25) is 0 Å². The average molecular weight is 585 g/mol. The molecule has 42 heavy (non-hydrogen) atoms. The van der Waals surface area contributed by atoms with E-state index >= 15 is 0 Å². The molecular formula is C28H31F3N8O3. The van der Waals surface area contributed by atoms with E-state index in [1.165, 1.54) is 18.5 Å². The SMILES string of the molecule is CC(C)(C)OC(=O)N1CC[C@H](Nc2ncnc(N)c2C(=N)c2ccc(NC(=O)Nc3cccc(C(F)(F)F)c3)cc2)C1. The van der Waals surface area contributed by atoms with E-state index in [1.54, 1.807) is 49.9 Å². The lowest BCUT2D eigenvalue weighted by molar-refractivity contribution is -0.137. The van der Waals surface area contributed by atoms with Gasteiger partial charge in [-0.1, -0.05) is 18.2 Å². The molecule has 0 saturated carbocycles. The Morgan fingerprint density at radius 3 is 2.40 bits per heavy atom. The Kier molecular flexibility index (Phi) is 8.54. The van der Waals surface area contributed by atoms with Crippen LogP contribution in [-0.4, -0.2) is 57.4 Å². The first-order chi connectivity index (χ1) is 19.7. The number of rotatable bonds is 6. The fourth-order valence-corrected chi connectivity index (χ4v) is 4.25. The van der Waals surface area contributed by atoms with Crippen LogP contribution in [0.3, 0.4) is 0 Å². The smallest absolute Gasteiger partial charge is 0.416 e. The molecule has 1 saturated heterocycles. The molecule has 0 aliphatic carbocycles. The summed E-state index contributed by atoms with van der Waals surface area (Å²) in [5, 5.41) is 17.0. The first kappa shape index (κ1) is 30.1. The molecule has 3 aromatic rings. The van der Waals surface area contributed by atoms with E-state index in [4.69, 9.17) is 15.9 Å². The second kappa shape index (κ2) is 11.9. The Morgan fingerprint density at radius 2 is 1.74 bits per heavy atom. The number of benzene rings is 2. The molecular weight excluding hydrogens is 553 g/mol. The number of nitrogens with two attached hydrogens (primary N) is 1. The molecule has 1 aliphatic rings. The largest absolute Gasteiger partial charge is 0.444 e. The molecule has 2 heterocycles. The monoisotopic (exact) mass is 584 g/mol. The summed E-state index contributed by atoms with van der Waals surface area (Å²) in [5.74, 6) is 0.424. The number of carbonyl (C=O) groups is 2. The molecule has 6 N–H and O–H groups in total. The number of ether oxygens (including phenoxy) is 1. The van der Waals surface area contributed by atoms with Crippen LogP contribution in [0.15, 0.2) is 54.9 Å². The molecule has 1 aromatic heterocycles. The number of aromatic nitrogens is 2. The minimum absolute atomic E-state index is 0.0169. The van der Waals surface area contributed by atoms with E-state index in [0.717, 1.165) is 12.1 Å². The molecule has 0 radical (unpaired) electrons. The Morgan fingerprint density at radius 1 is 1.05 bits per heavy atom. The molecule has 1 atom stereocenters. The Balaban J connectivity index is 1.41. The zero-order valence-electron chi connectivity index (χ0n) is 23.2. The number of urea groups is 1. The van der Waals surface area contributed by atoms with Gasteiger partial charge >= 0.3 is 18.3 Å². The van der Waals surface area contributed by atoms with Gasteiger partial charge < -0.3 is 31.3 Å². The molecule has 14 heteroatoms. The quantitative estimate of drug-likeness (QED) is 0.237. The van der Waals surface area contributed by atoms with Crippen molar-refractivity contribution < 1.29 is 27.5 Å². The summed E-state index contributed by atoms with van der Waals surface area (Å²) in [6, 6.07) is 9.65. The third-order valence-electron chi connectivity index (χ3n) is 6.19. The van der Waals surface area contributed by atoms with Gasteiger partial charge in [0, 0.05) is 36.1 Å². The normalized spacial score (nSPS) is 15.2. The van der Waals surface area contributed by atoms with Crippen LogP contribution in [0.4, 0.5) is 45.8 Å². The van der Waals surface area contributed by atoms with Gasteiger partial charge in [0.05, 0.1) is 16.8 Å². The number of alkyl halides is 3. The number of hydrogen-bond donors (Lipinski definition) is 5. The highest BCUT2D eigenvalue weighted by molar-refractivity contribution is 6.16. The summed E-state index contributed by atoms with van der Waals surface area (Å²) >= 11 is 0. The van der Waals surface area contributed by atoms with Gasteiger partial charge in [-0.15, -0.1) is 0 Å². The zero-order valence-corrected chi connectivity index (χ0v) is 23.2. The highest BCUT2D eigenvalue weighted by Gasteiger charge is 2.32. The molecule has 222 valence electrons. The number of nitrogen functional groups attached to an aromatic ring is 1. The molecule has 3 amide bonds. The van der Waals surface area contributed by atoms with Crippen LogP contribution in [-0.2, 0) is 10.9 Å². The predicted octanol–water partition coefficient (Wildman–Crippen LogP) is 5.56. The fraction of sp³-hybridized carbons (Fsp3) is 0.321. The van der Waals surface area contributed by atoms with Crippen LogP contribution < -0.4 is 21.7 Å². The standard InChI is InChI=1S/C28H31F3N8O3/c1-27(2,3)42-26(41)39-12-11-20(14-39)36-24-21(23(33)34-15-35-24)22(32)16-7-9-18(10-8-16)37-25(40)38-19-6-4-5-17(13-19)28(29,30)31/h4-10,13,15,20,32H,11-12,14H2,1-3H3,(H2,37,38,40)(H3,33,34,35,36)/t20-/m0/s1. The molecule has 0 unspecified atom stereocenters. The van der Waals surface area contributed by atoms with E-state index in [0.29, 0.717) is 36.6 Å². The summed E-state index contributed by atoms with van der Waals surface area (Å²) in [6.07, 6.45) is -3.02. The van der Waals surface area contributed by atoms with Gasteiger partial charge in [0.15, 0.2) is 0 Å². The van der Waals surface area contributed by atoms with Crippen molar-refractivity contribution in [3.05, 3.63) is 71.5 Å². The van der Waals surface area contributed by atoms with Crippen molar-refractivity contribution in [3.8, 4) is 0 Å². The van der Waals surface area contributed by atoms with Crippen molar-refractivity contribution in [1.82, 2.24) is 14.9 Å². The number of hydrogen-bond acceptors (Lipinski definition) is 8. The fourth-order valence-electron chi connectivity index (χ4n) is 4.25. The number of nitrogens with one attached hydrogen (secondary N) is 4. The van der Waals surface area contributed by atoms with Crippen molar-refractivity contribution in [2.24, 2.45) is 0 Å². The molecule has 0 spiro atoms. The summed E-state index contributed by atoms with van der Waals surface area (Å²) in [5.41, 5.74) is 5.72. The molecule has 1 aliphatic heterocycles. The molecule has 1 fully saturated rings. The predicted molar refractivity (Wildman–Crippen MR) is 153 cm³/mol. The Bertz CT molecular complexity index is 1470. The van der Waals surface area contributed by atoms with Gasteiger partial charge in [0.2, 0.25) is 0 Å². The number of carbonyl (C=O) groups excluding carboxylic acids is 2. The second-order valence-electron chi connectivity index (χ2n) is 10.6. The van der Waals surface area contributed by atoms with Crippen LogP contribution in [0, 0.1) is 5.41 Å². The minimum atomic E-state index is -4.53. The maximum absolute atomic E-state index is 12.9. The summed E-state index contributed by atoms with van der Waals surface area (Å²) in [4.78, 5) is 34.7.